The first-order chi connectivity index (χ1) is 11.7. The molecule has 1 aromatic heterocycles. The highest BCUT2D eigenvalue weighted by Gasteiger charge is 2.34. The molecule has 0 spiro atoms. The molecule has 0 aliphatic carbocycles. The lowest BCUT2D eigenvalue weighted by atomic mass is 10.2. The van der Waals surface area contributed by atoms with E-state index in [1.54, 1.807) is 0 Å². The van der Waals surface area contributed by atoms with Gasteiger partial charge in [0, 0.05) is 24.9 Å². The van der Waals surface area contributed by atoms with Crippen LogP contribution < -0.4 is 10.9 Å². The molecule has 25 heavy (non-hydrogen) atoms. The summed E-state index contributed by atoms with van der Waals surface area (Å²) in [5, 5.41) is 13.0. The molecule has 1 aromatic carbocycles. The fourth-order valence-corrected chi connectivity index (χ4v) is 2.02. The molecular weight excluding hydrogens is 343 g/mol. The molecule has 7 nitrogen and oxygen atoms in total. The number of carbonyl (C=O) groups is 1. The van der Waals surface area contributed by atoms with Gasteiger partial charge in [-0.2, -0.15) is 13.2 Å². The van der Waals surface area contributed by atoms with E-state index in [2.05, 4.69) is 5.32 Å². The lowest BCUT2D eigenvalue weighted by molar-refractivity contribution is -0.384. The number of pyridine rings is 1. The number of halogens is 3. The van der Waals surface area contributed by atoms with Gasteiger partial charge in [-0.25, -0.2) is 0 Å². The second-order valence-corrected chi connectivity index (χ2v) is 5.05. The topological polar surface area (TPSA) is 94.2 Å². The molecule has 0 saturated carbocycles. The molecule has 0 aliphatic heterocycles. The Labute approximate surface area is 138 Å². The summed E-state index contributed by atoms with van der Waals surface area (Å²) in [6, 6.07) is 7.09. The number of nitro groups is 1. The number of amides is 1. The fraction of sp³-hybridized carbons (Fsp3) is 0.200. The summed E-state index contributed by atoms with van der Waals surface area (Å²) in [6.45, 7) is -0.555. The number of benzene rings is 1. The number of alkyl halides is 3. The Hall–Kier alpha value is -3.17. The Morgan fingerprint density at radius 3 is 2.40 bits per heavy atom. The van der Waals surface area contributed by atoms with E-state index in [4.69, 9.17) is 0 Å². The lowest BCUT2D eigenvalue weighted by Crippen LogP contribution is -2.34. The smallest absolute Gasteiger partial charge is 0.350 e. The second-order valence-electron chi connectivity index (χ2n) is 5.05. The molecule has 0 aliphatic rings. The Balaban J connectivity index is 2.01. The Morgan fingerprint density at radius 2 is 1.84 bits per heavy atom. The molecule has 0 bridgehead atoms. The number of rotatable bonds is 5. The quantitative estimate of drug-likeness (QED) is 0.656. The summed E-state index contributed by atoms with van der Waals surface area (Å²) < 4.78 is 38.7. The van der Waals surface area contributed by atoms with E-state index < -0.39 is 34.7 Å². The number of nitrogens with zero attached hydrogens (tertiary/aromatic N) is 2. The number of aromatic nitrogens is 1. The van der Waals surface area contributed by atoms with Crippen molar-refractivity contribution >= 4 is 11.6 Å². The number of non-ortho nitro benzene ring substituents is 1. The second kappa shape index (κ2) is 7.16. The summed E-state index contributed by atoms with van der Waals surface area (Å²) in [5.41, 5.74) is -2.19. The van der Waals surface area contributed by atoms with Crippen LogP contribution in [0.15, 0.2) is 47.4 Å². The maximum atomic E-state index is 12.7. The summed E-state index contributed by atoms with van der Waals surface area (Å²) in [7, 11) is 0. The van der Waals surface area contributed by atoms with Crippen LogP contribution in [0.5, 0.6) is 0 Å². The highest BCUT2D eigenvalue weighted by molar-refractivity contribution is 5.75. The van der Waals surface area contributed by atoms with Crippen LogP contribution in [0, 0.1) is 10.1 Å². The van der Waals surface area contributed by atoms with Crippen LogP contribution in [0.2, 0.25) is 0 Å². The summed E-state index contributed by atoms with van der Waals surface area (Å²) in [4.78, 5) is 33.5. The number of nitro benzene ring substituents is 1. The van der Waals surface area contributed by atoms with Crippen molar-refractivity contribution in [3.8, 4) is 0 Å². The minimum Gasteiger partial charge on any atom is -0.350 e. The first-order valence-electron chi connectivity index (χ1n) is 6.95. The van der Waals surface area contributed by atoms with Gasteiger partial charge in [-0.15, -0.1) is 0 Å². The standard InChI is InChI=1S/C15H12F3N3O4/c16-15(17,18)12-2-1-7-20(14(12)23)9-13(22)19-8-10-3-5-11(6-4-10)21(24)25/h1-7H,8-9H2,(H,19,22). The van der Waals surface area contributed by atoms with Gasteiger partial charge in [0.15, 0.2) is 0 Å². The van der Waals surface area contributed by atoms with Crippen molar-refractivity contribution in [1.29, 1.82) is 0 Å². The van der Waals surface area contributed by atoms with Crippen LogP contribution in [0.25, 0.3) is 0 Å². The van der Waals surface area contributed by atoms with Crippen LogP contribution in [0.4, 0.5) is 18.9 Å². The summed E-state index contributed by atoms with van der Waals surface area (Å²) in [5.74, 6) is -0.667. The first kappa shape index (κ1) is 18.2. The summed E-state index contributed by atoms with van der Waals surface area (Å²) >= 11 is 0. The highest BCUT2D eigenvalue weighted by Crippen LogP contribution is 2.25. The van der Waals surface area contributed by atoms with Gasteiger partial charge in [0.25, 0.3) is 11.2 Å². The van der Waals surface area contributed by atoms with E-state index in [0.717, 1.165) is 12.3 Å². The molecule has 1 N–H and O–H groups in total. The zero-order valence-corrected chi connectivity index (χ0v) is 12.6. The van der Waals surface area contributed by atoms with E-state index in [1.807, 2.05) is 0 Å². The van der Waals surface area contributed by atoms with Gasteiger partial charge in [-0.1, -0.05) is 12.1 Å². The van der Waals surface area contributed by atoms with E-state index in [-0.39, 0.29) is 12.2 Å². The van der Waals surface area contributed by atoms with E-state index in [9.17, 15) is 32.9 Å². The monoisotopic (exact) mass is 355 g/mol. The predicted molar refractivity (Wildman–Crippen MR) is 80.6 cm³/mol. The Morgan fingerprint density at radius 1 is 1.20 bits per heavy atom. The summed E-state index contributed by atoms with van der Waals surface area (Å²) in [6.07, 6.45) is -3.71. The molecule has 10 heteroatoms. The van der Waals surface area contributed by atoms with Crippen LogP contribution in [0.1, 0.15) is 11.1 Å². The maximum absolute atomic E-state index is 12.7. The largest absolute Gasteiger partial charge is 0.421 e. The molecule has 0 unspecified atom stereocenters. The van der Waals surface area contributed by atoms with Crippen molar-refractivity contribution in [3.63, 3.8) is 0 Å². The molecule has 1 heterocycles. The molecule has 0 atom stereocenters. The van der Waals surface area contributed by atoms with Crippen molar-refractivity contribution in [1.82, 2.24) is 9.88 Å². The lowest BCUT2D eigenvalue weighted by Gasteiger charge is -2.10. The van der Waals surface area contributed by atoms with E-state index in [0.29, 0.717) is 16.2 Å². The van der Waals surface area contributed by atoms with Crippen molar-refractivity contribution in [2.45, 2.75) is 19.3 Å². The molecule has 132 valence electrons. The molecular formula is C15H12F3N3O4. The molecule has 0 saturated heterocycles. The number of carbonyl (C=O) groups excluding carboxylic acids is 1. The normalized spacial score (nSPS) is 11.2. The Kier molecular flexibility index (Phi) is 5.20. The third kappa shape index (κ3) is 4.66. The van der Waals surface area contributed by atoms with E-state index >= 15 is 0 Å². The molecule has 0 fully saturated rings. The van der Waals surface area contributed by atoms with Gasteiger partial charge in [0.05, 0.1) is 4.92 Å². The average molecular weight is 355 g/mol. The maximum Gasteiger partial charge on any atom is 0.421 e. The fourth-order valence-electron chi connectivity index (χ4n) is 2.02. The highest BCUT2D eigenvalue weighted by atomic mass is 19.4. The van der Waals surface area contributed by atoms with Gasteiger partial charge in [0.2, 0.25) is 5.91 Å². The number of nitrogens with one attached hydrogen (secondary N) is 1. The number of hydrogen-bond donors (Lipinski definition) is 1. The minimum atomic E-state index is -4.80. The van der Waals surface area contributed by atoms with Crippen molar-refractivity contribution in [3.05, 3.63) is 74.2 Å². The van der Waals surface area contributed by atoms with Crippen LogP contribution in [0.3, 0.4) is 0 Å². The van der Waals surface area contributed by atoms with Crippen LogP contribution in [-0.2, 0) is 24.1 Å². The molecule has 1 amide bonds. The van der Waals surface area contributed by atoms with Gasteiger partial charge in [-0.05, 0) is 17.7 Å². The molecule has 0 radical (unpaired) electrons. The van der Waals surface area contributed by atoms with Gasteiger partial charge >= 0.3 is 6.18 Å². The SMILES string of the molecule is O=C(Cn1cccc(C(F)(F)F)c1=O)NCc1ccc([N+](=O)[O-])cc1. The predicted octanol–water partition coefficient (Wildman–Crippen LogP) is 2.09. The van der Waals surface area contributed by atoms with Crippen molar-refractivity contribution in [2.24, 2.45) is 0 Å². The average Bonchev–Trinajstić information content (AvgIpc) is 2.54. The zero-order chi connectivity index (χ0) is 18.6. The third-order valence-corrected chi connectivity index (χ3v) is 3.28. The first-order valence-corrected chi connectivity index (χ1v) is 6.95. The molecule has 2 aromatic rings. The van der Waals surface area contributed by atoms with Gasteiger partial charge < -0.3 is 9.88 Å². The van der Waals surface area contributed by atoms with Crippen LogP contribution >= 0.6 is 0 Å². The third-order valence-electron chi connectivity index (χ3n) is 3.28. The van der Waals surface area contributed by atoms with Crippen LogP contribution in [-0.4, -0.2) is 15.4 Å². The van der Waals surface area contributed by atoms with Gasteiger partial charge in [0.1, 0.15) is 12.1 Å². The van der Waals surface area contributed by atoms with Crippen molar-refractivity contribution in [2.75, 3.05) is 0 Å². The minimum absolute atomic E-state index is 0.0184. The Bertz CT molecular complexity index is 844. The van der Waals surface area contributed by atoms with Gasteiger partial charge in [-0.3, -0.25) is 19.7 Å². The van der Waals surface area contributed by atoms with Crippen molar-refractivity contribution < 1.29 is 22.9 Å². The molecule has 2 rings (SSSR count). The zero-order valence-electron chi connectivity index (χ0n) is 12.6. The number of hydrogen-bond acceptors (Lipinski definition) is 4. The van der Waals surface area contributed by atoms with E-state index in [1.165, 1.54) is 24.3 Å².